The maximum atomic E-state index is 14.4. The fraction of sp³-hybridized carbons (Fsp3) is 0.250. The topological polar surface area (TPSA) is 87.5 Å². The fourth-order valence-corrected chi connectivity index (χ4v) is 6.54. The Balaban J connectivity index is 1.47. The van der Waals surface area contributed by atoms with Gasteiger partial charge in [-0.1, -0.05) is 79.2 Å². The van der Waals surface area contributed by atoms with Gasteiger partial charge in [-0.3, -0.25) is 24.0 Å². The molecule has 1 atom stereocenters. The van der Waals surface area contributed by atoms with E-state index in [1.807, 2.05) is 79.7 Å². The van der Waals surface area contributed by atoms with Crippen molar-refractivity contribution >= 4 is 28.3 Å². The SMILES string of the molecule is CC[C@H](NC(=O)c1c(CN2CCC(O)(c3ccncc3)CC2)n(-c2ccccc2)c(=O)c2c(Cl)cccc12)c1ccccc1. The number of nitrogens with one attached hydrogen (secondary N) is 1. The maximum absolute atomic E-state index is 14.4. The van der Waals surface area contributed by atoms with E-state index in [-0.39, 0.29) is 17.5 Å². The molecule has 5 aromatic rings. The number of nitrogens with zero attached hydrogens (tertiary/aromatic N) is 3. The number of carbonyl (C=O) groups is 1. The van der Waals surface area contributed by atoms with Gasteiger partial charge >= 0.3 is 0 Å². The number of benzene rings is 3. The Hall–Kier alpha value is -4.30. The zero-order valence-corrected chi connectivity index (χ0v) is 25.4. The molecule has 0 unspecified atom stereocenters. The molecule has 3 aromatic carbocycles. The minimum absolute atomic E-state index is 0.215. The van der Waals surface area contributed by atoms with E-state index in [1.54, 1.807) is 35.2 Å². The van der Waals surface area contributed by atoms with Gasteiger partial charge < -0.3 is 10.4 Å². The molecular weight excluding hydrogens is 572 g/mol. The molecule has 2 N–H and O–H groups in total. The third-order valence-electron chi connectivity index (χ3n) is 8.69. The Bertz CT molecular complexity index is 1820. The summed E-state index contributed by atoms with van der Waals surface area (Å²) in [6.45, 7) is 3.54. The standard InChI is InChI=1S/C36H35ClN4O3/c1-2-30(25-10-5-3-6-11-25)39-34(42)33-28-14-9-15-29(37)32(28)35(43)41(27-12-7-4-8-13-27)31(33)24-40-22-18-36(44,19-23-40)26-16-20-38-21-17-26/h3-17,20-21,30,44H,2,18-19,22-24H2,1H3,(H,39,42)/t30-/m0/s1. The molecule has 0 radical (unpaired) electrons. The first-order valence-corrected chi connectivity index (χ1v) is 15.4. The Morgan fingerprint density at radius 1 is 0.955 bits per heavy atom. The van der Waals surface area contributed by atoms with Gasteiger partial charge in [-0.05, 0) is 60.7 Å². The van der Waals surface area contributed by atoms with Crippen LogP contribution in [0.4, 0.5) is 0 Å². The van der Waals surface area contributed by atoms with Crippen molar-refractivity contribution in [3.8, 4) is 5.69 Å². The first-order chi connectivity index (χ1) is 21.4. The van der Waals surface area contributed by atoms with Crippen LogP contribution in [-0.4, -0.2) is 38.6 Å². The van der Waals surface area contributed by atoms with Crippen LogP contribution in [0.2, 0.25) is 5.02 Å². The summed E-state index contributed by atoms with van der Waals surface area (Å²) in [5.74, 6) is -0.266. The van der Waals surface area contributed by atoms with Crippen molar-refractivity contribution in [3.05, 3.63) is 141 Å². The molecule has 7 nitrogen and oxygen atoms in total. The molecule has 1 amide bonds. The number of likely N-dealkylation sites (tertiary alicyclic amines) is 1. The van der Waals surface area contributed by atoms with Gasteiger partial charge in [-0.15, -0.1) is 0 Å². The summed E-state index contributed by atoms with van der Waals surface area (Å²) in [6.07, 6.45) is 5.12. The van der Waals surface area contributed by atoms with Gasteiger partial charge in [-0.2, -0.15) is 0 Å². The lowest BCUT2D eigenvalue weighted by Crippen LogP contribution is -2.43. The van der Waals surface area contributed by atoms with Crippen LogP contribution in [0.1, 0.15) is 59.4 Å². The number of fused-ring (bicyclic) bond motifs is 1. The van der Waals surface area contributed by atoms with Gasteiger partial charge in [0.15, 0.2) is 0 Å². The molecule has 0 bridgehead atoms. The van der Waals surface area contributed by atoms with Crippen LogP contribution in [0.5, 0.6) is 0 Å². The first-order valence-electron chi connectivity index (χ1n) is 15.0. The lowest BCUT2D eigenvalue weighted by molar-refractivity contribution is -0.0282. The monoisotopic (exact) mass is 606 g/mol. The summed E-state index contributed by atoms with van der Waals surface area (Å²) in [7, 11) is 0. The van der Waals surface area contributed by atoms with Crippen molar-refractivity contribution in [1.29, 1.82) is 0 Å². The number of hydrogen-bond acceptors (Lipinski definition) is 5. The van der Waals surface area contributed by atoms with Crippen molar-refractivity contribution in [3.63, 3.8) is 0 Å². The summed E-state index contributed by atoms with van der Waals surface area (Å²) in [5, 5.41) is 15.9. The number of piperidine rings is 1. The molecule has 8 heteroatoms. The molecule has 2 aromatic heterocycles. The molecule has 224 valence electrons. The number of carbonyl (C=O) groups excluding carboxylic acids is 1. The molecule has 1 aliphatic heterocycles. The minimum Gasteiger partial charge on any atom is -0.385 e. The van der Waals surface area contributed by atoms with Gasteiger partial charge in [0.05, 0.1) is 33.3 Å². The number of aromatic nitrogens is 2. The zero-order valence-electron chi connectivity index (χ0n) is 24.6. The molecule has 0 saturated carbocycles. The van der Waals surface area contributed by atoms with Crippen LogP contribution in [0.3, 0.4) is 0 Å². The number of amides is 1. The number of hydrogen-bond donors (Lipinski definition) is 2. The molecular formula is C36H35ClN4O3. The highest BCUT2D eigenvalue weighted by atomic mass is 35.5. The molecule has 6 rings (SSSR count). The molecule has 44 heavy (non-hydrogen) atoms. The number of halogens is 1. The van der Waals surface area contributed by atoms with Gasteiger partial charge in [0.2, 0.25) is 0 Å². The Labute approximate surface area is 261 Å². The van der Waals surface area contributed by atoms with E-state index >= 15 is 0 Å². The van der Waals surface area contributed by atoms with E-state index < -0.39 is 5.60 Å². The van der Waals surface area contributed by atoms with Gasteiger partial charge in [0, 0.05) is 43.1 Å². The quantitative estimate of drug-likeness (QED) is 0.213. The first kappa shape index (κ1) is 29.8. The molecule has 0 aliphatic carbocycles. The normalized spacial score (nSPS) is 15.6. The van der Waals surface area contributed by atoms with Gasteiger partial charge in [-0.25, -0.2) is 0 Å². The highest BCUT2D eigenvalue weighted by molar-refractivity contribution is 6.36. The minimum atomic E-state index is -0.959. The smallest absolute Gasteiger partial charge is 0.264 e. The number of para-hydroxylation sites is 1. The maximum Gasteiger partial charge on any atom is 0.264 e. The van der Waals surface area contributed by atoms with Crippen molar-refractivity contribution < 1.29 is 9.90 Å². The predicted octanol–water partition coefficient (Wildman–Crippen LogP) is 6.40. The van der Waals surface area contributed by atoms with E-state index in [1.165, 1.54) is 0 Å². The second-order valence-corrected chi connectivity index (χ2v) is 11.8. The van der Waals surface area contributed by atoms with Crippen molar-refractivity contribution in [2.45, 2.75) is 44.4 Å². The highest BCUT2D eigenvalue weighted by Crippen LogP contribution is 2.34. The average Bonchev–Trinajstić information content (AvgIpc) is 3.06. The lowest BCUT2D eigenvalue weighted by atomic mass is 9.85. The summed E-state index contributed by atoms with van der Waals surface area (Å²) < 4.78 is 1.64. The van der Waals surface area contributed by atoms with E-state index in [4.69, 9.17) is 11.6 Å². The van der Waals surface area contributed by atoms with E-state index in [2.05, 4.69) is 15.2 Å². The van der Waals surface area contributed by atoms with E-state index in [0.29, 0.717) is 71.6 Å². The third kappa shape index (κ3) is 5.78. The summed E-state index contributed by atoms with van der Waals surface area (Å²) >= 11 is 6.67. The van der Waals surface area contributed by atoms with Crippen LogP contribution in [-0.2, 0) is 12.1 Å². The molecule has 1 fully saturated rings. The Morgan fingerprint density at radius 2 is 1.61 bits per heavy atom. The van der Waals surface area contributed by atoms with Crippen LogP contribution >= 0.6 is 11.6 Å². The summed E-state index contributed by atoms with van der Waals surface area (Å²) in [4.78, 5) is 35.0. The van der Waals surface area contributed by atoms with Crippen LogP contribution in [0, 0.1) is 0 Å². The van der Waals surface area contributed by atoms with Crippen molar-refractivity contribution in [2.24, 2.45) is 0 Å². The van der Waals surface area contributed by atoms with Crippen LogP contribution in [0.25, 0.3) is 16.5 Å². The van der Waals surface area contributed by atoms with Crippen molar-refractivity contribution in [1.82, 2.24) is 19.8 Å². The molecule has 3 heterocycles. The number of pyridine rings is 2. The van der Waals surface area contributed by atoms with E-state index in [0.717, 1.165) is 11.1 Å². The average molecular weight is 607 g/mol. The zero-order chi connectivity index (χ0) is 30.7. The van der Waals surface area contributed by atoms with Crippen LogP contribution in [0.15, 0.2) is 108 Å². The molecule has 1 saturated heterocycles. The Morgan fingerprint density at radius 3 is 2.27 bits per heavy atom. The number of aliphatic hydroxyl groups is 1. The largest absolute Gasteiger partial charge is 0.385 e. The fourth-order valence-electron chi connectivity index (χ4n) is 6.29. The van der Waals surface area contributed by atoms with Crippen LogP contribution < -0.4 is 10.9 Å². The van der Waals surface area contributed by atoms with E-state index in [9.17, 15) is 14.7 Å². The lowest BCUT2D eigenvalue weighted by Gasteiger charge is -2.39. The highest BCUT2D eigenvalue weighted by Gasteiger charge is 2.35. The van der Waals surface area contributed by atoms with Crippen molar-refractivity contribution in [2.75, 3.05) is 13.1 Å². The summed E-state index contributed by atoms with van der Waals surface area (Å²) in [5.41, 5.74) is 2.29. The third-order valence-corrected chi connectivity index (χ3v) is 9.00. The number of rotatable bonds is 8. The molecule has 1 aliphatic rings. The Kier molecular flexibility index (Phi) is 8.62. The predicted molar refractivity (Wildman–Crippen MR) is 174 cm³/mol. The van der Waals surface area contributed by atoms with Gasteiger partial charge in [0.1, 0.15) is 0 Å². The van der Waals surface area contributed by atoms with Gasteiger partial charge in [0.25, 0.3) is 11.5 Å². The molecule has 0 spiro atoms. The second kappa shape index (κ2) is 12.7. The summed E-state index contributed by atoms with van der Waals surface area (Å²) in [6, 6.07) is 28.0. The second-order valence-electron chi connectivity index (χ2n) is 11.3.